The molecule has 4 atom stereocenters. The lowest BCUT2D eigenvalue weighted by Crippen LogP contribution is -2.53. The minimum absolute atomic E-state index is 0.367. The van der Waals surface area contributed by atoms with Crippen molar-refractivity contribution in [2.24, 2.45) is 0 Å². The number of hydrogen-bond acceptors (Lipinski definition) is 5. The van der Waals surface area contributed by atoms with E-state index in [1.54, 1.807) is 0 Å². The average Bonchev–Trinajstić information content (AvgIpc) is 3.03. The van der Waals surface area contributed by atoms with Crippen LogP contribution >= 0.6 is 0 Å². The Hall–Kier alpha value is -0.950. The van der Waals surface area contributed by atoms with E-state index in [1.807, 2.05) is 0 Å². The van der Waals surface area contributed by atoms with Gasteiger partial charge in [0.25, 0.3) is 0 Å². The highest BCUT2D eigenvalue weighted by Gasteiger charge is 2.28. The van der Waals surface area contributed by atoms with Crippen LogP contribution < -0.4 is 5.32 Å². The molecule has 0 aliphatic heterocycles. The van der Waals surface area contributed by atoms with Crippen molar-refractivity contribution in [3.05, 3.63) is 12.2 Å². The summed E-state index contributed by atoms with van der Waals surface area (Å²) < 4.78 is 0. The molecule has 5 N–H and O–H groups in total. The molecule has 0 saturated heterocycles. The van der Waals surface area contributed by atoms with Gasteiger partial charge in [0.1, 0.15) is 12.2 Å². The van der Waals surface area contributed by atoms with E-state index < -0.39 is 36.9 Å². The summed E-state index contributed by atoms with van der Waals surface area (Å²) in [6.45, 7) is 4.01. The van der Waals surface area contributed by atoms with Crippen LogP contribution in [-0.2, 0) is 4.79 Å². The Labute approximate surface area is 272 Å². The second-order valence-corrected chi connectivity index (χ2v) is 13.3. The zero-order chi connectivity index (χ0) is 32.5. The Balaban J connectivity index is 3.81. The van der Waals surface area contributed by atoms with Crippen molar-refractivity contribution >= 4 is 5.91 Å². The molecular formula is C38H75NO5. The molecule has 0 heterocycles. The van der Waals surface area contributed by atoms with Crippen molar-refractivity contribution in [2.45, 2.75) is 218 Å². The van der Waals surface area contributed by atoms with E-state index in [0.29, 0.717) is 12.8 Å². The first-order chi connectivity index (χ1) is 21.5. The number of amides is 1. The maximum atomic E-state index is 12.4. The zero-order valence-electron chi connectivity index (χ0n) is 29.2. The van der Waals surface area contributed by atoms with Crippen LogP contribution in [0.5, 0.6) is 0 Å². The fourth-order valence-corrected chi connectivity index (χ4v) is 5.87. The van der Waals surface area contributed by atoms with Gasteiger partial charge in [-0.05, 0) is 38.5 Å². The van der Waals surface area contributed by atoms with E-state index in [2.05, 4.69) is 31.3 Å². The maximum Gasteiger partial charge on any atom is 0.249 e. The van der Waals surface area contributed by atoms with E-state index in [-0.39, 0.29) is 0 Å². The number of nitrogens with one attached hydrogen (secondary N) is 1. The van der Waals surface area contributed by atoms with Crippen LogP contribution in [0, 0.1) is 0 Å². The van der Waals surface area contributed by atoms with Crippen LogP contribution in [0.15, 0.2) is 12.2 Å². The summed E-state index contributed by atoms with van der Waals surface area (Å²) in [4.78, 5) is 12.4. The Morgan fingerprint density at radius 3 is 1.36 bits per heavy atom. The van der Waals surface area contributed by atoms with Gasteiger partial charge in [-0.25, -0.2) is 0 Å². The van der Waals surface area contributed by atoms with Crippen molar-refractivity contribution in [2.75, 3.05) is 6.61 Å². The zero-order valence-corrected chi connectivity index (χ0v) is 29.2. The molecule has 0 aliphatic carbocycles. The molecule has 0 spiro atoms. The molecule has 0 aromatic rings. The summed E-state index contributed by atoms with van der Waals surface area (Å²) in [5.74, 6) is -0.593. The van der Waals surface area contributed by atoms with Crippen LogP contribution in [-0.4, -0.2) is 57.3 Å². The predicted molar refractivity (Wildman–Crippen MR) is 187 cm³/mol. The normalized spacial score (nSPS) is 14.6. The first kappa shape index (κ1) is 43.0. The summed E-state index contributed by atoms with van der Waals surface area (Å²) in [7, 11) is 0. The summed E-state index contributed by atoms with van der Waals surface area (Å²) in [6, 6.07) is -0.995. The van der Waals surface area contributed by atoms with Gasteiger partial charge >= 0.3 is 0 Å². The molecule has 0 saturated carbocycles. The Bertz CT molecular complexity index is 628. The van der Waals surface area contributed by atoms with Gasteiger partial charge in [-0.2, -0.15) is 0 Å². The Kier molecular flexibility index (Phi) is 32.7. The quantitative estimate of drug-likeness (QED) is 0.0362. The molecule has 0 rings (SSSR count). The molecular weight excluding hydrogens is 550 g/mol. The number of allylic oxidation sites excluding steroid dienone is 2. The van der Waals surface area contributed by atoms with E-state index in [1.165, 1.54) is 128 Å². The fourth-order valence-electron chi connectivity index (χ4n) is 5.87. The monoisotopic (exact) mass is 626 g/mol. The first-order valence-electron chi connectivity index (χ1n) is 19.1. The summed E-state index contributed by atoms with van der Waals surface area (Å²) in [6.07, 6.45) is 33.8. The number of hydrogen-bond donors (Lipinski definition) is 5. The highest BCUT2D eigenvalue weighted by molar-refractivity contribution is 5.80. The lowest BCUT2D eigenvalue weighted by atomic mass is 10.00. The molecule has 0 aromatic carbocycles. The number of aliphatic hydroxyl groups is 4. The van der Waals surface area contributed by atoms with Gasteiger partial charge < -0.3 is 25.7 Å². The number of rotatable bonds is 34. The number of carbonyl (C=O) groups excluding carboxylic acids is 1. The second kappa shape index (κ2) is 33.4. The summed E-state index contributed by atoms with van der Waals surface area (Å²) in [5.41, 5.74) is 0. The molecule has 6 heteroatoms. The van der Waals surface area contributed by atoms with E-state index in [4.69, 9.17) is 0 Å². The van der Waals surface area contributed by atoms with Crippen molar-refractivity contribution in [3.63, 3.8) is 0 Å². The predicted octanol–water partition coefficient (Wildman–Crippen LogP) is 9.07. The largest absolute Gasteiger partial charge is 0.394 e. The van der Waals surface area contributed by atoms with Crippen LogP contribution in [0.3, 0.4) is 0 Å². The van der Waals surface area contributed by atoms with Crippen molar-refractivity contribution < 1.29 is 25.2 Å². The van der Waals surface area contributed by atoms with Gasteiger partial charge in [0.2, 0.25) is 5.91 Å². The standard InChI is InChI=1S/C38H75NO5/c1-3-5-7-9-11-13-15-17-18-19-20-22-24-26-28-30-32-36(42)38(44)39-34(33-40)37(43)35(41)31-29-27-25-23-21-16-14-12-10-8-6-4-2/h23,25,34-37,40-43H,3-22,24,26-33H2,1-2H3,(H,39,44)/b25-23-/t34-,35+,36+,37-/m0/s1. The van der Waals surface area contributed by atoms with Gasteiger partial charge in [-0.3, -0.25) is 4.79 Å². The SMILES string of the molecule is CCCCCCCCC/C=C\CCC[C@@H](O)[C@@H](O)[C@H](CO)NC(=O)[C@H](O)CCCCCCCCCCCCCCCCCC. The molecule has 44 heavy (non-hydrogen) atoms. The lowest BCUT2D eigenvalue weighted by molar-refractivity contribution is -0.132. The number of carbonyl (C=O) groups is 1. The molecule has 0 fully saturated rings. The topological polar surface area (TPSA) is 110 Å². The van der Waals surface area contributed by atoms with Crippen LogP contribution in [0.2, 0.25) is 0 Å². The van der Waals surface area contributed by atoms with Crippen molar-refractivity contribution in [3.8, 4) is 0 Å². The molecule has 0 unspecified atom stereocenters. The van der Waals surface area contributed by atoms with Crippen molar-refractivity contribution in [1.82, 2.24) is 5.32 Å². The lowest BCUT2D eigenvalue weighted by Gasteiger charge is -2.27. The van der Waals surface area contributed by atoms with E-state index >= 15 is 0 Å². The third-order valence-electron chi connectivity index (χ3n) is 8.98. The third kappa shape index (κ3) is 27.4. The van der Waals surface area contributed by atoms with Crippen molar-refractivity contribution in [1.29, 1.82) is 0 Å². The number of unbranched alkanes of at least 4 members (excludes halogenated alkanes) is 23. The smallest absolute Gasteiger partial charge is 0.249 e. The van der Waals surface area contributed by atoms with E-state index in [0.717, 1.165) is 38.5 Å². The highest BCUT2D eigenvalue weighted by Crippen LogP contribution is 2.15. The van der Waals surface area contributed by atoms with Crippen LogP contribution in [0.1, 0.15) is 194 Å². The highest BCUT2D eigenvalue weighted by atomic mass is 16.3. The fraction of sp³-hybridized carbons (Fsp3) is 0.921. The van der Waals surface area contributed by atoms with Gasteiger partial charge in [-0.1, -0.05) is 167 Å². The molecule has 0 bridgehead atoms. The third-order valence-corrected chi connectivity index (χ3v) is 8.98. The first-order valence-corrected chi connectivity index (χ1v) is 19.1. The summed E-state index contributed by atoms with van der Waals surface area (Å²) in [5, 5.41) is 43.4. The maximum absolute atomic E-state index is 12.4. The second-order valence-electron chi connectivity index (χ2n) is 13.3. The van der Waals surface area contributed by atoms with Gasteiger partial charge in [0.05, 0.1) is 18.8 Å². The molecule has 0 aromatic heterocycles. The van der Waals surface area contributed by atoms with Gasteiger partial charge in [0.15, 0.2) is 0 Å². The minimum atomic E-state index is -1.27. The molecule has 0 radical (unpaired) electrons. The Morgan fingerprint density at radius 1 is 0.545 bits per heavy atom. The summed E-state index contributed by atoms with van der Waals surface area (Å²) >= 11 is 0. The molecule has 1 amide bonds. The molecule has 0 aliphatic rings. The molecule has 262 valence electrons. The Morgan fingerprint density at radius 2 is 0.932 bits per heavy atom. The van der Waals surface area contributed by atoms with E-state index in [9.17, 15) is 25.2 Å². The molecule has 6 nitrogen and oxygen atoms in total. The van der Waals surface area contributed by atoms with Gasteiger partial charge in [0, 0.05) is 0 Å². The van der Waals surface area contributed by atoms with Crippen LogP contribution in [0.25, 0.3) is 0 Å². The van der Waals surface area contributed by atoms with Crippen LogP contribution in [0.4, 0.5) is 0 Å². The minimum Gasteiger partial charge on any atom is -0.394 e. The average molecular weight is 626 g/mol. The van der Waals surface area contributed by atoms with Gasteiger partial charge in [-0.15, -0.1) is 0 Å². The number of aliphatic hydroxyl groups excluding tert-OH is 4.